The van der Waals surface area contributed by atoms with Gasteiger partial charge in [-0.25, -0.2) is 8.60 Å². The molecule has 0 saturated carbocycles. The number of halogens is 1. The summed E-state index contributed by atoms with van der Waals surface area (Å²) in [5.41, 5.74) is 2.28. The molecule has 1 aliphatic heterocycles. The van der Waals surface area contributed by atoms with Crippen LogP contribution in [0.3, 0.4) is 0 Å². The summed E-state index contributed by atoms with van der Waals surface area (Å²) in [6.45, 7) is 5.63. The van der Waals surface area contributed by atoms with Gasteiger partial charge >= 0.3 is 0 Å². The van der Waals surface area contributed by atoms with E-state index in [1.165, 1.54) is 39.9 Å². The monoisotopic (exact) mass is 440 g/mol. The summed E-state index contributed by atoms with van der Waals surface area (Å²) < 4.78 is 27.3. The predicted molar refractivity (Wildman–Crippen MR) is 119 cm³/mol. The highest BCUT2D eigenvalue weighted by Crippen LogP contribution is 2.48. The lowest BCUT2D eigenvalue weighted by Gasteiger charge is -2.23. The average molecular weight is 441 g/mol. The Labute approximate surface area is 182 Å². The van der Waals surface area contributed by atoms with Crippen molar-refractivity contribution in [1.82, 2.24) is 4.90 Å². The van der Waals surface area contributed by atoms with Crippen molar-refractivity contribution < 1.29 is 18.5 Å². The lowest BCUT2D eigenvalue weighted by atomic mass is 9.99. The number of fused-ring (bicyclic) bond motifs is 1. The van der Waals surface area contributed by atoms with Gasteiger partial charge < -0.3 is 10.0 Å². The molecule has 1 amide bonds. The van der Waals surface area contributed by atoms with E-state index < -0.39 is 22.7 Å². The van der Waals surface area contributed by atoms with Crippen molar-refractivity contribution in [2.75, 3.05) is 17.6 Å². The van der Waals surface area contributed by atoms with Gasteiger partial charge in [-0.1, -0.05) is 18.7 Å². The quantitative estimate of drug-likeness (QED) is 0.694. The van der Waals surface area contributed by atoms with Crippen LogP contribution in [0.25, 0.3) is 6.08 Å². The molecule has 160 valence electrons. The van der Waals surface area contributed by atoms with Crippen LogP contribution in [0.4, 0.5) is 15.8 Å². The van der Waals surface area contributed by atoms with Gasteiger partial charge in [-0.3, -0.25) is 14.1 Å². The first-order chi connectivity index (χ1) is 14.7. The lowest BCUT2D eigenvalue weighted by Crippen LogP contribution is -2.24. The molecular weight excluding hydrogens is 419 g/mol. The molecule has 0 aromatic heterocycles. The highest BCUT2D eigenvalue weighted by Gasteiger charge is 2.37. The summed E-state index contributed by atoms with van der Waals surface area (Å²) in [6, 6.07) is 5.74. The number of aromatic hydroxyl groups is 1. The molecule has 0 aliphatic carbocycles. The third-order valence-electron chi connectivity index (χ3n) is 5.13. The Hall–Kier alpha value is -3.51. The molecule has 9 heteroatoms. The van der Waals surface area contributed by atoms with E-state index >= 15 is 0 Å². The van der Waals surface area contributed by atoms with Gasteiger partial charge in [0.25, 0.3) is 5.91 Å². The second-order valence-corrected chi connectivity index (χ2v) is 8.30. The molecule has 1 N–H and O–H groups in total. The third kappa shape index (κ3) is 3.82. The van der Waals surface area contributed by atoms with Crippen LogP contribution in [0.15, 0.2) is 29.8 Å². The van der Waals surface area contributed by atoms with Crippen molar-refractivity contribution >= 4 is 40.6 Å². The number of aliphatic imine (C=N–C) groups is 1. The molecule has 1 heterocycles. The number of hydrogen-bond donors (Lipinski definition) is 1. The first-order valence-electron chi connectivity index (χ1n) is 9.33. The summed E-state index contributed by atoms with van der Waals surface area (Å²) in [5, 5.41) is 20.2. The predicted octanol–water partition coefficient (Wildman–Crippen LogP) is 3.65. The highest BCUT2D eigenvalue weighted by molar-refractivity contribution is 7.85. The third-order valence-corrected chi connectivity index (χ3v) is 6.08. The molecule has 2 aromatic rings. The largest absolute Gasteiger partial charge is 0.505 e. The number of phenols is 1. The van der Waals surface area contributed by atoms with E-state index in [1.54, 1.807) is 14.0 Å². The smallest absolute Gasteiger partial charge is 0.258 e. The molecule has 0 spiro atoms. The normalized spacial score (nSPS) is 13.9. The fourth-order valence-electron chi connectivity index (χ4n) is 3.65. The van der Waals surface area contributed by atoms with Crippen LogP contribution in [-0.4, -0.2) is 39.6 Å². The lowest BCUT2D eigenvalue weighted by molar-refractivity contribution is 0.0764. The summed E-state index contributed by atoms with van der Waals surface area (Å²) in [7, 11) is 0.206. The maximum absolute atomic E-state index is 13.5. The zero-order chi connectivity index (χ0) is 22.9. The minimum absolute atomic E-state index is 0.0459. The minimum Gasteiger partial charge on any atom is -0.505 e. The number of benzene rings is 2. The first kappa shape index (κ1) is 22.2. The summed E-state index contributed by atoms with van der Waals surface area (Å²) in [4.78, 5) is 18.9. The molecular formula is C22H21FN4O3S. The Morgan fingerprint density at radius 3 is 2.77 bits per heavy atom. The highest BCUT2D eigenvalue weighted by atomic mass is 32.2. The number of amides is 1. The van der Waals surface area contributed by atoms with Gasteiger partial charge in [-0.15, -0.1) is 0 Å². The van der Waals surface area contributed by atoms with Gasteiger partial charge in [0.2, 0.25) is 0 Å². The van der Waals surface area contributed by atoms with Crippen LogP contribution in [0, 0.1) is 17.1 Å². The van der Waals surface area contributed by atoms with Gasteiger partial charge in [-0.2, -0.15) is 5.26 Å². The van der Waals surface area contributed by atoms with E-state index in [-0.39, 0.29) is 35.7 Å². The van der Waals surface area contributed by atoms with E-state index in [9.17, 15) is 23.8 Å². The Balaban J connectivity index is 2.18. The summed E-state index contributed by atoms with van der Waals surface area (Å²) >= 11 is 0. The van der Waals surface area contributed by atoms with E-state index in [1.807, 2.05) is 6.07 Å². The second kappa shape index (κ2) is 8.70. The molecule has 0 saturated heterocycles. The van der Waals surface area contributed by atoms with E-state index in [4.69, 9.17) is 0 Å². The van der Waals surface area contributed by atoms with Crippen LogP contribution in [0.5, 0.6) is 5.75 Å². The second-order valence-electron chi connectivity index (χ2n) is 6.90. The number of phenolic OH excluding ortho intramolecular Hbond substituents is 1. The first-order valence-corrected chi connectivity index (χ1v) is 10.8. The molecule has 1 atom stereocenters. The number of nitrogens with zero attached hydrogens (tertiary/aromatic N) is 4. The van der Waals surface area contributed by atoms with Gasteiger partial charge in [0.05, 0.1) is 22.9 Å². The maximum atomic E-state index is 13.5. The van der Waals surface area contributed by atoms with Crippen LogP contribution in [-0.2, 0) is 24.1 Å². The topological polar surface area (TPSA) is 97.0 Å². The molecule has 1 aliphatic rings. The standard InChI is InChI=1S/C22H21FN4O3S/c1-5-16-19(25-6-2)21(28)18-17(20(16)26(3)31(4)30)12-27(22(18)29)11-13-7-8-15(23)9-14(13)10-24/h5-9,28H,1,11-12H2,2-4H3. The van der Waals surface area contributed by atoms with Crippen molar-refractivity contribution in [1.29, 1.82) is 5.26 Å². The Morgan fingerprint density at radius 1 is 1.48 bits per heavy atom. The van der Waals surface area contributed by atoms with Gasteiger partial charge in [-0.05, 0) is 24.6 Å². The van der Waals surface area contributed by atoms with Crippen LogP contribution < -0.4 is 4.31 Å². The van der Waals surface area contributed by atoms with Crippen molar-refractivity contribution in [3.05, 3.63) is 58.4 Å². The number of nitriles is 1. The van der Waals surface area contributed by atoms with Gasteiger partial charge in [0.15, 0.2) is 5.75 Å². The van der Waals surface area contributed by atoms with Crippen molar-refractivity contribution in [3.8, 4) is 11.8 Å². The summed E-state index contributed by atoms with van der Waals surface area (Å²) in [6.07, 6.45) is 4.49. The minimum atomic E-state index is -1.42. The molecule has 2 aromatic carbocycles. The number of rotatable bonds is 6. The van der Waals surface area contributed by atoms with E-state index in [0.29, 0.717) is 22.4 Å². The fourth-order valence-corrected chi connectivity index (χ4v) is 4.12. The average Bonchev–Trinajstić information content (AvgIpc) is 3.06. The number of carbonyl (C=O) groups is 1. The zero-order valence-electron chi connectivity index (χ0n) is 17.3. The van der Waals surface area contributed by atoms with Crippen LogP contribution in [0.1, 0.15) is 39.5 Å². The molecule has 0 bridgehead atoms. The number of anilines is 1. The maximum Gasteiger partial charge on any atom is 0.258 e. The van der Waals surface area contributed by atoms with Crippen LogP contribution >= 0.6 is 0 Å². The molecule has 7 nitrogen and oxygen atoms in total. The molecule has 31 heavy (non-hydrogen) atoms. The molecule has 0 fully saturated rings. The van der Waals surface area contributed by atoms with Crippen LogP contribution in [0.2, 0.25) is 0 Å². The van der Waals surface area contributed by atoms with Crippen molar-refractivity contribution in [2.24, 2.45) is 4.99 Å². The molecule has 0 radical (unpaired) electrons. The SMILES string of the molecule is C=Cc1c(N=CC)c(O)c2c(c1N(C)S(C)=O)CN(Cc1ccc(F)cc1C#N)C2=O. The Bertz CT molecular complexity index is 1190. The number of hydrogen-bond acceptors (Lipinski definition) is 5. The van der Waals surface area contributed by atoms with Gasteiger partial charge in [0, 0.05) is 43.7 Å². The fraction of sp³-hybridized carbons (Fsp3) is 0.227. The Kier molecular flexibility index (Phi) is 6.22. The zero-order valence-corrected chi connectivity index (χ0v) is 18.2. The molecule has 1 unspecified atom stereocenters. The van der Waals surface area contributed by atoms with Crippen molar-refractivity contribution in [2.45, 2.75) is 20.0 Å². The van der Waals surface area contributed by atoms with E-state index in [0.717, 1.165) is 6.07 Å². The molecule has 3 rings (SSSR count). The van der Waals surface area contributed by atoms with E-state index in [2.05, 4.69) is 11.6 Å². The summed E-state index contributed by atoms with van der Waals surface area (Å²) in [5.74, 6) is -1.28. The van der Waals surface area contributed by atoms with Crippen molar-refractivity contribution in [3.63, 3.8) is 0 Å². The van der Waals surface area contributed by atoms with Gasteiger partial charge in [0.1, 0.15) is 22.5 Å². The Morgan fingerprint density at radius 2 is 2.19 bits per heavy atom. The number of carbonyl (C=O) groups excluding carboxylic acids is 1.